The average molecular weight is 204 g/mol. The van der Waals surface area contributed by atoms with Crippen molar-refractivity contribution in [3.8, 4) is 0 Å². The van der Waals surface area contributed by atoms with E-state index in [9.17, 15) is 0 Å². The fourth-order valence-electron chi connectivity index (χ4n) is 1.41. The van der Waals surface area contributed by atoms with Crippen LogP contribution in [0.2, 0.25) is 0 Å². The van der Waals surface area contributed by atoms with Crippen LogP contribution in [0, 0.1) is 6.92 Å². The maximum Gasteiger partial charge on any atom is 0.104 e. The lowest BCUT2D eigenvalue weighted by molar-refractivity contribution is 1.35. The number of hydrogen-bond acceptors (Lipinski definition) is 3. The van der Waals surface area contributed by atoms with Crippen molar-refractivity contribution in [1.29, 1.82) is 0 Å². The summed E-state index contributed by atoms with van der Waals surface area (Å²) in [7, 11) is 0. The van der Waals surface area contributed by atoms with E-state index < -0.39 is 0 Å². The van der Waals surface area contributed by atoms with Crippen molar-refractivity contribution in [3.05, 3.63) is 29.3 Å². The number of thiazole rings is 1. The van der Waals surface area contributed by atoms with Crippen LogP contribution < -0.4 is 5.73 Å². The van der Waals surface area contributed by atoms with E-state index in [4.69, 9.17) is 5.73 Å². The molecule has 0 aliphatic heterocycles. The van der Waals surface area contributed by atoms with Crippen molar-refractivity contribution < 1.29 is 0 Å². The Morgan fingerprint density at radius 3 is 2.86 bits per heavy atom. The SMILES string of the molecule is C=C(C)c1cc(N)c2nc(C)sc2c1. The van der Waals surface area contributed by atoms with Crippen LogP contribution in [0.4, 0.5) is 5.69 Å². The monoisotopic (exact) mass is 204 g/mol. The van der Waals surface area contributed by atoms with Crippen LogP contribution >= 0.6 is 11.3 Å². The third kappa shape index (κ3) is 1.40. The van der Waals surface area contributed by atoms with Gasteiger partial charge in [-0.05, 0) is 31.5 Å². The molecule has 0 spiro atoms. The molecule has 0 atom stereocenters. The molecule has 0 aliphatic rings. The van der Waals surface area contributed by atoms with Crippen LogP contribution in [0.1, 0.15) is 17.5 Å². The van der Waals surface area contributed by atoms with Crippen molar-refractivity contribution in [3.63, 3.8) is 0 Å². The lowest BCUT2D eigenvalue weighted by atomic mass is 10.1. The van der Waals surface area contributed by atoms with Gasteiger partial charge >= 0.3 is 0 Å². The predicted octanol–water partition coefficient (Wildman–Crippen LogP) is 3.22. The number of aromatic nitrogens is 1. The fourth-order valence-corrected chi connectivity index (χ4v) is 2.31. The van der Waals surface area contributed by atoms with Crippen LogP contribution in [-0.4, -0.2) is 4.98 Å². The van der Waals surface area contributed by atoms with E-state index in [2.05, 4.69) is 17.6 Å². The summed E-state index contributed by atoms with van der Waals surface area (Å²) in [6.45, 7) is 7.88. The Morgan fingerprint density at radius 2 is 2.21 bits per heavy atom. The highest BCUT2D eigenvalue weighted by Crippen LogP contribution is 2.29. The lowest BCUT2D eigenvalue weighted by Gasteiger charge is -2.01. The van der Waals surface area contributed by atoms with Crippen LogP contribution in [0.15, 0.2) is 18.7 Å². The molecule has 1 aromatic carbocycles. The largest absolute Gasteiger partial charge is 0.397 e. The predicted molar refractivity (Wildman–Crippen MR) is 63.5 cm³/mol. The zero-order valence-corrected chi connectivity index (χ0v) is 9.11. The van der Waals surface area contributed by atoms with Gasteiger partial charge in [0.05, 0.1) is 15.4 Å². The Balaban J connectivity index is 2.77. The second-order valence-electron chi connectivity index (χ2n) is 3.43. The molecule has 0 aliphatic carbocycles. The number of benzene rings is 1. The first-order valence-electron chi connectivity index (χ1n) is 4.40. The van der Waals surface area contributed by atoms with Gasteiger partial charge in [0.15, 0.2) is 0 Å². The summed E-state index contributed by atoms with van der Waals surface area (Å²) < 4.78 is 1.14. The van der Waals surface area contributed by atoms with Crippen molar-refractivity contribution in [2.75, 3.05) is 5.73 Å². The number of anilines is 1. The highest BCUT2D eigenvalue weighted by atomic mass is 32.1. The molecule has 2 nitrogen and oxygen atoms in total. The van der Waals surface area contributed by atoms with Gasteiger partial charge in [-0.2, -0.15) is 0 Å². The summed E-state index contributed by atoms with van der Waals surface area (Å²) in [6.07, 6.45) is 0. The standard InChI is InChI=1S/C11H12N2S/c1-6(2)8-4-9(12)11-10(5-8)14-7(3)13-11/h4-5H,1,12H2,2-3H3. The number of nitrogen functional groups attached to an aromatic ring is 1. The molecular formula is C11H12N2S. The number of nitrogens with two attached hydrogens (primary N) is 1. The maximum atomic E-state index is 5.91. The highest BCUT2D eigenvalue weighted by Gasteiger charge is 2.06. The molecule has 0 amide bonds. The summed E-state index contributed by atoms with van der Waals surface area (Å²) in [6, 6.07) is 4.03. The Labute approximate surface area is 87.1 Å². The Hall–Kier alpha value is -1.35. The van der Waals surface area contributed by atoms with E-state index in [1.165, 1.54) is 0 Å². The van der Waals surface area contributed by atoms with Gasteiger partial charge in [0.2, 0.25) is 0 Å². The van der Waals surface area contributed by atoms with Gasteiger partial charge in [-0.1, -0.05) is 12.2 Å². The van der Waals surface area contributed by atoms with E-state index in [0.29, 0.717) is 0 Å². The summed E-state index contributed by atoms with van der Waals surface area (Å²) in [5.41, 5.74) is 9.69. The molecule has 2 N–H and O–H groups in total. The molecule has 1 heterocycles. The molecule has 0 saturated heterocycles. The molecule has 0 unspecified atom stereocenters. The third-order valence-electron chi connectivity index (χ3n) is 2.12. The minimum atomic E-state index is 0.741. The molecule has 3 heteroatoms. The van der Waals surface area contributed by atoms with Gasteiger partial charge in [-0.15, -0.1) is 11.3 Å². The molecule has 0 bridgehead atoms. The number of hydrogen-bond donors (Lipinski definition) is 1. The van der Waals surface area contributed by atoms with Gasteiger partial charge in [-0.3, -0.25) is 0 Å². The van der Waals surface area contributed by atoms with Crippen LogP contribution in [0.25, 0.3) is 15.8 Å². The maximum absolute atomic E-state index is 5.91. The molecule has 2 aromatic rings. The first-order valence-corrected chi connectivity index (χ1v) is 5.22. The lowest BCUT2D eigenvalue weighted by Crippen LogP contribution is -1.88. The van der Waals surface area contributed by atoms with Crippen molar-refractivity contribution in [2.45, 2.75) is 13.8 Å². The van der Waals surface area contributed by atoms with E-state index in [1.54, 1.807) is 11.3 Å². The quantitative estimate of drug-likeness (QED) is 0.724. The van der Waals surface area contributed by atoms with Gasteiger partial charge < -0.3 is 5.73 Å². The molecule has 1 aromatic heterocycles. The van der Waals surface area contributed by atoms with Gasteiger partial charge in [-0.25, -0.2) is 4.98 Å². The Morgan fingerprint density at radius 1 is 1.50 bits per heavy atom. The number of nitrogens with zero attached hydrogens (tertiary/aromatic N) is 1. The molecule has 0 radical (unpaired) electrons. The summed E-state index contributed by atoms with van der Waals surface area (Å²) in [5.74, 6) is 0. The van der Waals surface area contributed by atoms with Gasteiger partial charge in [0, 0.05) is 0 Å². The molecule has 14 heavy (non-hydrogen) atoms. The smallest absolute Gasteiger partial charge is 0.104 e. The average Bonchev–Trinajstić information content (AvgIpc) is 2.45. The minimum absolute atomic E-state index is 0.741. The van der Waals surface area contributed by atoms with Crippen molar-refractivity contribution in [1.82, 2.24) is 4.98 Å². The second kappa shape index (κ2) is 3.10. The first kappa shape index (κ1) is 9.21. The van der Waals surface area contributed by atoms with E-state index in [-0.39, 0.29) is 0 Å². The fraction of sp³-hybridized carbons (Fsp3) is 0.182. The molecular weight excluding hydrogens is 192 g/mol. The van der Waals surface area contributed by atoms with Crippen LogP contribution in [0.5, 0.6) is 0 Å². The third-order valence-corrected chi connectivity index (χ3v) is 3.04. The molecule has 0 saturated carbocycles. The zero-order valence-electron chi connectivity index (χ0n) is 8.29. The topological polar surface area (TPSA) is 38.9 Å². The van der Waals surface area contributed by atoms with E-state index in [0.717, 1.165) is 32.0 Å². The number of allylic oxidation sites excluding steroid dienone is 1. The second-order valence-corrected chi connectivity index (χ2v) is 4.66. The zero-order chi connectivity index (χ0) is 10.3. The minimum Gasteiger partial charge on any atom is -0.397 e. The molecule has 72 valence electrons. The van der Waals surface area contributed by atoms with Crippen molar-refractivity contribution in [2.24, 2.45) is 0 Å². The van der Waals surface area contributed by atoms with E-state index in [1.807, 2.05) is 19.9 Å². The Bertz CT molecular complexity index is 511. The highest BCUT2D eigenvalue weighted by molar-refractivity contribution is 7.18. The van der Waals surface area contributed by atoms with Crippen molar-refractivity contribution >= 4 is 32.8 Å². The molecule has 0 fully saturated rings. The normalized spacial score (nSPS) is 10.7. The van der Waals surface area contributed by atoms with Gasteiger partial charge in [0.25, 0.3) is 0 Å². The summed E-state index contributed by atoms with van der Waals surface area (Å²) in [5, 5.41) is 1.05. The summed E-state index contributed by atoms with van der Waals surface area (Å²) >= 11 is 1.67. The number of fused-ring (bicyclic) bond motifs is 1. The van der Waals surface area contributed by atoms with Gasteiger partial charge in [0.1, 0.15) is 5.52 Å². The summed E-state index contributed by atoms with van der Waals surface area (Å²) in [4.78, 5) is 4.38. The van der Waals surface area contributed by atoms with Crippen LogP contribution in [-0.2, 0) is 0 Å². The molecule has 2 rings (SSSR count). The van der Waals surface area contributed by atoms with Crippen LogP contribution in [0.3, 0.4) is 0 Å². The number of aryl methyl sites for hydroxylation is 1. The number of rotatable bonds is 1. The Kier molecular flexibility index (Phi) is 2.04. The first-order chi connectivity index (χ1) is 6.58. The van der Waals surface area contributed by atoms with E-state index >= 15 is 0 Å².